The van der Waals surface area contributed by atoms with Crippen LogP contribution in [0.3, 0.4) is 0 Å². The van der Waals surface area contributed by atoms with Gasteiger partial charge in [0, 0.05) is 5.02 Å². The average Bonchev–Trinajstić information content (AvgIpc) is 2.29. The van der Waals surface area contributed by atoms with Crippen molar-refractivity contribution >= 4 is 19.2 Å². The molecule has 0 heterocycles. The summed E-state index contributed by atoms with van der Waals surface area (Å²) in [5.41, 5.74) is 1.04. The highest BCUT2D eigenvalue weighted by Crippen LogP contribution is 2.51. The highest BCUT2D eigenvalue weighted by atomic mass is 35.5. The van der Waals surface area contributed by atoms with E-state index >= 15 is 0 Å². The lowest BCUT2D eigenvalue weighted by Gasteiger charge is -2.21. The third-order valence-electron chi connectivity index (χ3n) is 2.57. The molecule has 0 N–H and O–H groups in total. The third-order valence-corrected chi connectivity index (χ3v) is 5.10. The lowest BCUT2D eigenvalue weighted by Crippen LogP contribution is -2.06. The molecule has 0 aliphatic carbocycles. The minimum absolute atomic E-state index is 0.0765. The van der Waals surface area contributed by atoms with E-state index < -0.39 is 7.60 Å². The van der Waals surface area contributed by atoms with Crippen molar-refractivity contribution in [2.45, 2.75) is 26.7 Å². The Morgan fingerprint density at radius 3 is 2.39 bits per heavy atom. The molecular weight excluding hydrogens is 271 g/mol. The molecule has 5 heteroatoms. The Morgan fingerprint density at radius 1 is 1.28 bits per heavy atom. The molecule has 1 aromatic carbocycles. The van der Waals surface area contributed by atoms with Gasteiger partial charge in [-0.2, -0.15) is 0 Å². The summed E-state index contributed by atoms with van der Waals surface area (Å²) in [7, 11) is -3.00. The van der Waals surface area contributed by atoms with Crippen molar-refractivity contribution in [1.29, 1.82) is 0 Å². The fourth-order valence-corrected chi connectivity index (χ4v) is 3.94. The summed E-state index contributed by atoms with van der Waals surface area (Å²) in [6.07, 6.45) is 0.370. The van der Waals surface area contributed by atoms with Gasteiger partial charge in [-0.15, -0.1) is 0 Å². The number of rotatable bonds is 7. The summed E-state index contributed by atoms with van der Waals surface area (Å²) in [5, 5.41) is 0.682. The monoisotopic (exact) mass is 290 g/mol. The number of halogens is 1. The second kappa shape index (κ2) is 7.30. The van der Waals surface area contributed by atoms with E-state index in [0.717, 1.165) is 5.56 Å². The minimum Gasteiger partial charge on any atom is -0.309 e. The molecule has 0 unspecified atom stereocenters. The lowest BCUT2D eigenvalue weighted by atomic mass is 10.0. The van der Waals surface area contributed by atoms with E-state index in [0.29, 0.717) is 24.4 Å². The Hall–Kier alpha value is -0.340. The Kier molecular flexibility index (Phi) is 6.37. The summed E-state index contributed by atoms with van der Waals surface area (Å²) in [6, 6.07) is 7.57. The van der Waals surface area contributed by atoms with Crippen LogP contribution in [0, 0.1) is 0 Å². The second-order valence-electron chi connectivity index (χ2n) is 4.09. The van der Waals surface area contributed by atoms with Crippen LogP contribution in [0.1, 0.15) is 32.3 Å². The van der Waals surface area contributed by atoms with Crippen LogP contribution in [-0.4, -0.2) is 19.4 Å². The Bertz CT molecular complexity index is 412. The van der Waals surface area contributed by atoms with Crippen LogP contribution in [0.25, 0.3) is 0 Å². The molecule has 0 radical (unpaired) electrons. The first-order valence-corrected chi connectivity index (χ1v) is 8.25. The maximum absolute atomic E-state index is 12.4. The summed E-state index contributed by atoms with van der Waals surface area (Å²) < 4.78 is 23.0. The molecule has 0 fully saturated rings. The number of hydrogen-bond acceptors (Lipinski definition) is 3. The van der Waals surface area contributed by atoms with Gasteiger partial charge < -0.3 is 9.05 Å². The highest BCUT2D eigenvalue weighted by Gasteiger charge is 2.27. The second-order valence-corrected chi connectivity index (χ2v) is 6.62. The van der Waals surface area contributed by atoms with Gasteiger partial charge in [0.05, 0.1) is 19.4 Å². The first-order chi connectivity index (χ1) is 8.50. The molecule has 1 aromatic rings. The lowest BCUT2D eigenvalue weighted by molar-refractivity contribution is 0.219. The first-order valence-electron chi connectivity index (χ1n) is 6.14. The van der Waals surface area contributed by atoms with Crippen LogP contribution in [0.2, 0.25) is 5.02 Å². The van der Waals surface area contributed by atoms with E-state index in [-0.39, 0.29) is 5.92 Å². The molecule has 0 aromatic heterocycles. The summed E-state index contributed by atoms with van der Waals surface area (Å²) in [6.45, 7) is 6.40. The van der Waals surface area contributed by atoms with Crippen LogP contribution >= 0.6 is 19.2 Å². The molecule has 0 saturated carbocycles. The van der Waals surface area contributed by atoms with E-state index in [9.17, 15) is 4.57 Å². The van der Waals surface area contributed by atoms with E-state index in [2.05, 4.69) is 0 Å². The van der Waals surface area contributed by atoms with Gasteiger partial charge in [-0.25, -0.2) is 0 Å². The summed E-state index contributed by atoms with van der Waals surface area (Å²) in [5.74, 6) is 0.0765. The van der Waals surface area contributed by atoms with Gasteiger partial charge in [0.2, 0.25) is 0 Å². The van der Waals surface area contributed by atoms with Crippen LogP contribution < -0.4 is 0 Å². The molecule has 1 atom stereocenters. The average molecular weight is 291 g/mol. The molecule has 3 nitrogen and oxygen atoms in total. The fraction of sp³-hybridized carbons (Fsp3) is 0.538. The first kappa shape index (κ1) is 15.7. The Morgan fingerprint density at radius 2 is 1.89 bits per heavy atom. The van der Waals surface area contributed by atoms with E-state index in [1.807, 2.05) is 45.0 Å². The van der Waals surface area contributed by atoms with Gasteiger partial charge in [0.25, 0.3) is 0 Å². The Balaban J connectivity index is 2.78. The molecule has 18 heavy (non-hydrogen) atoms. The van der Waals surface area contributed by atoms with Crippen molar-refractivity contribution in [3.8, 4) is 0 Å². The molecule has 102 valence electrons. The standard InChI is InChI=1S/C13H20ClO3P/c1-4-16-18(15,17-5-2)10-11(3)12-7-6-8-13(14)9-12/h6-9,11H,4-5,10H2,1-3H3/t11-/m1/s1. The summed E-state index contributed by atoms with van der Waals surface area (Å²) in [4.78, 5) is 0. The minimum atomic E-state index is -3.00. The zero-order valence-electron chi connectivity index (χ0n) is 11.1. The molecular formula is C13H20ClO3P. The molecule has 0 bridgehead atoms. The molecule has 0 saturated heterocycles. The van der Waals surface area contributed by atoms with Crippen molar-refractivity contribution in [3.63, 3.8) is 0 Å². The molecule has 0 amide bonds. The molecule has 0 aliphatic heterocycles. The number of benzene rings is 1. The van der Waals surface area contributed by atoms with Crippen LogP contribution in [0.4, 0.5) is 0 Å². The van der Waals surface area contributed by atoms with Gasteiger partial charge in [0.1, 0.15) is 0 Å². The van der Waals surface area contributed by atoms with Gasteiger partial charge in [-0.3, -0.25) is 4.57 Å². The van der Waals surface area contributed by atoms with Crippen molar-refractivity contribution < 1.29 is 13.6 Å². The third kappa shape index (κ3) is 4.74. The zero-order chi connectivity index (χ0) is 13.6. The largest absolute Gasteiger partial charge is 0.331 e. The van der Waals surface area contributed by atoms with Gasteiger partial charge in [0.15, 0.2) is 0 Å². The molecule has 0 spiro atoms. The maximum Gasteiger partial charge on any atom is 0.331 e. The topological polar surface area (TPSA) is 35.5 Å². The van der Waals surface area contributed by atoms with Gasteiger partial charge in [-0.1, -0.05) is 30.7 Å². The van der Waals surface area contributed by atoms with Crippen LogP contribution in [-0.2, 0) is 13.6 Å². The predicted molar refractivity (Wildman–Crippen MR) is 75.6 cm³/mol. The molecule has 0 aliphatic rings. The smallest absolute Gasteiger partial charge is 0.309 e. The van der Waals surface area contributed by atoms with E-state index in [1.54, 1.807) is 0 Å². The van der Waals surface area contributed by atoms with Crippen LogP contribution in [0.15, 0.2) is 24.3 Å². The van der Waals surface area contributed by atoms with Crippen molar-refractivity contribution in [3.05, 3.63) is 34.9 Å². The Labute approximate surface area is 114 Å². The quantitative estimate of drug-likeness (QED) is 0.682. The normalized spacial score (nSPS) is 13.6. The van der Waals surface area contributed by atoms with E-state index in [1.165, 1.54) is 0 Å². The van der Waals surface area contributed by atoms with Gasteiger partial charge in [-0.05, 0) is 37.5 Å². The zero-order valence-corrected chi connectivity index (χ0v) is 12.7. The highest BCUT2D eigenvalue weighted by molar-refractivity contribution is 7.53. The predicted octanol–water partition coefficient (Wildman–Crippen LogP) is 4.71. The van der Waals surface area contributed by atoms with Crippen molar-refractivity contribution in [2.24, 2.45) is 0 Å². The summed E-state index contributed by atoms with van der Waals surface area (Å²) >= 11 is 5.95. The van der Waals surface area contributed by atoms with Gasteiger partial charge >= 0.3 is 7.60 Å². The molecule has 1 rings (SSSR count). The maximum atomic E-state index is 12.4. The fourth-order valence-electron chi connectivity index (χ4n) is 1.79. The van der Waals surface area contributed by atoms with E-state index in [4.69, 9.17) is 20.6 Å². The SMILES string of the molecule is CCOP(=O)(C[C@@H](C)c1cccc(Cl)c1)OCC. The van der Waals surface area contributed by atoms with Crippen molar-refractivity contribution in [2.75, 3.05) is 19.4 Å². The van der Waals surface area contributed by atoms with Crippen LogP contribution in [0.5, 0.6) is 0 Å². The number of hydrogen-bond donors (Lipinski definition) is 0. The van der Waals surface area contributed by atoms with Crippen molar-refractivity contribution in [1.82, 2.24) is 0 Å².